The molecule has 0 spiro atoms. The Bertz CT molecular complexity index is 1040. The van der Waals surface area contributed by atoms with Gasteiger partial charge < -0.3 is 5.32 Å². The highest BCUT2D eigenvalue weighted by atomic mass is 35.5. The molecular weight excluding hydrogens is 421 g/mol. The highest BCUT2D eigenvalue weighted by molar-refractivity contribution is 6.33. The van der Waals surface area contributed by atoms with Crippen LogP contribution in [-0.2, 0) is 13.0 Å². The molecular formula is C27H31ClFN3. The van der Waals surface area contributed by atoms with E-state index < -0.39 is 0 Å². The normalized spacial score (nSPS) is 18.1. The van der Waals surface area contributed by atoms with Gasteiger partial charge in [-0.1, -0.05) is 62.4 Å². The molecule has 1 N–H and O–H groups in total. The molecule has 1 aliphatic rings. The lowest BCUT2D eigenvalue weighted by atomic mass is 9.96. The minimum absolute atomic E-state index is 0.235. The van der Waals surface area contributed by atoms with Crippen LogP contribution in [-0.4, -0.2) is 9.97 Å². The zero-order valence-corrected chi connectivity index (χ0v) is 19.4. The molecule has 1 aliphatic carbocycles. The van der Waals surface area contributed by atoms with Crippen LogP contribution in [0, 0.1) is 17.7 Å². The van der Waals surface area contributed by atoms with E-state index in [-0.39, 0.29) is 5.82 Å². The number of aromatic nitrogens is 2. The maximum atomic E-state index is 13.4. The first-order valence-corrected chi connectivity index (χ1v) is 12.1. The molecule has 0 amide bonds. The average Bonchev–Trinajstić information content (AvgIpc) is 3.25. The first kappa shape index (κ1) is 22.7. The first-order chi connectivity index (χ1) is 15.6. The van der Waals surface area contributed by atoms with E-state index in [1.807, 2.05) is 24.3 Å². The van der Waals surface area contributed by atoms with E-state index in [4.69, 9.17) is 16.6 Å². The van der Waals surface area contributed by atoms with E-state index in [0.717, 1.165) is 40.7 Å². The van der Waals surface area contributed by atoms with Gasteiger partial charge in [-0.3, -0.25) is 4.98 Å². The maximum Gasteiger partial charge on any atom is 0.126 e. The van der Waals surface area contributed by atoms with Gasteiger partial charge in [-0.2, -0.15) is 0 Å². The number of nitrogens with zero attached hydrogens (tertiary/aromatic N) is 2. The molecule has 2 atom stereocenters. The predicted octanol–water partition coefficient (Wildman–Crippen LogP) is 7.70. The topological polar surface area (TPSA) is 37.8 Å². The van der Waals surface area contributed by atoms with Crippen LogP contribution in [0.4, 0.5) is 10.2 Å². The Kier molecular flexibility index (Phi) is 7.75. The summed E-state index contributed by atoms with van der Waals surface area (Å²) in [6, 6.07) is 14.5. The van der Waals surface area contributed by atoms with Crippen molar-refractivity contribution in [1.82, 2.24) is 9.97 Å². The van der Waals surface area contributed by atoms with Gasteiger partial charge in [-0.25, -0.2) is 9.37 Å². The summed E-state index contributed by atoms with van der Waals surface area (Å²) in [5, 5.41) is 3.88. The smallest absolute Gasteiger partial charge is 0.126 e. The molecule has 3 nitrogen and oxygen atoms in total. The van der Waals surface area contributed by atoms with Gasteiger partial charge in [0, 0.05) is 24.0 Å². The Hall–Kier alpha value is -2.46. The van der Waals surface area contributed by atoms with Gasteiger partial charge in [0.05, 0.1) is 10.7 Å². The third-order valence-corrected chi connectivity index (χ3v) is 6.71. The number of pyridine rings is 2. The van der Waals surface area contributed by atoms with E-state index in [1.54, 1.807) is 12.3 Å². The second kappa shape index (κ2) is 10.9. The number of benzene rings is 1. The van der Waals surface area contributed by atoms with Gasteiger partial charge in [0.1, 0.15) is 11.6 Å². The number of rotatable bonds is 9. The van der Waals surface area contributed by atoms with Crippen molar-refractivity contribution in [2.45, 2.75) is 58.4 Å². The van der Waals surface area contributed by atoms with Crippen molar-refractivity contribution < 1.29 is 4.39 Å². The van der Waals surface area contributed by atoms with E-state index >= 15 is 0 Å². The summed E-state index contributed by atoms with van der Waals surface area (Å²) in [7, 11) is 0. The summed E-state index contributed by atoms with van der Waals surface area (Å²) in [4.78, 5) is 9.35. The van der Waals surface area contributed by atoms with E-state index in [1.165, 1.54) is 50.7 Å². The van der Waals surface area contributed by atoms with Crippen LogP contribution in [0.25, 0.3) is 11.3 Å². The minimum atomic E-state index is -0.235. The number of anilines is 1. The van der Waals surface area contributed by atoms with Gasteiger partial charge in [0.25, 0.3) is 0 Å². The Morgan fingerprint density at radius 2 is 1.94 bits per heavy atom. The standard InChI is InChI=1S/C27H31ClFN3/c1-2-3-6-19-11-12-20(13-19)15-23-16-24(25(28)18-30-23)26-9-5-10-27(32-26)31-17-21-7-4-8-22(29)14-21/h4-5,7-10,14,16,18-20H,2-3,6,11-13,15,17H2,1H3,(H,31,32)/t19-,20+/m1/s1. The fraction of sp³-hybridized carbons (Fsp3) is 0.407. The molecule has 32 heavy (non-hydrogen) atoms. The quantitative estimate of drug-likeness (QED) is 0.362. The lowest BCUT2D eigenvalue weighted by molar-refractivity contribution is 0.447. The van der Waals surface area contributed by atoms with Crippen LogP contribution in [0.3, 0.4) is 0 Å². The Labute approximate surface area is 195 Å². The van der Waals surface area contributed by atoms with Crippen LogP contribution < -0.4 is 5.32 Å². The van der Waals surface area contributed by atoms with Gasteiger partial charge in [-0.05, 0) is 67.0 Å². The summed E-state index contributed by atoms with van der Waals surface area (Å²) in [5.74, 6) is 2.09. The lowest BCUT2D eigenvalue weighted by Gasteiger charge is -2.13. The minimum Gasteiger partial charge on any atom is -0.366 e. The van der Waals surface area contributed by atoms with E-state index in [9.17, 15) is 4.39 Å². The van der Waals surface area contributed by atoms with E-state index in [0.29, 0.717) is 17.5 Å². The molecule has 168 valence electrons. The molecule has 4 rings (SSSR count). The van der Waals surface area contributed by atoms with Crippen LogP contribution in [0.1, 0.15) is 56.7 Å². The van der Waals surface area contributed by atoms with Crippen LogP contribution in [0.15, 0.2) is 54.7 Å². The van der Waals surface area contributed by atoms with Crippen molar-refractivity contribution in [3.8, 4) is 11.3 Å². The lowest BCUT2D eigenvalue weighted by Crippen LogP contribution is -2.04. The molecule has 0 unspecified atom stereocenters. The number of unbranched alkanes of at least 4 members (excludes halogenated alkanes) is 1. The Morgan fingerprint density at radius 3 is 2.78 bits per heavy atom. The third kappa shape index (κ3) is 6.07. The second-order valence-corrected chi connectivity index (χ2v) is 9.35. The van der Waals surface area contributed by atoms with Gasteiger partial charge in [-0.15, -0.1) is 0 Å². The molecule has 0 radical (unpaired) electrons. The van der Waals surface area contributed by atoms with Crippen molar-refractivity contribution >= 4 is 17.4 Å². The van der Waals surface area contributed by atoms with Gasteiger partial charge in [0.2, 0.25) is 0 Å². The van der Waals surface area contributed by atoms with Gasteiger partial charge >= 0.3 is 0 Å². The molecule has 1 aromatic carbocycles. The summed E-state index contributed by atoms with van der Waals surface area (Å²) in [5.41, 5.74) is 3.68. The number of hydrogen-bond acceptors (Lipinski definition) is 3. The molecule has 1 fully saturated rings. The molecule has 0 saturated heterocycles. The van der Waals surface area contributed by atoms with Crippen LogP contribution in [0.2, 0.25) is 5.02 Å². The van der Waals surface area contributed by atoms with Crippen molar-refractivity contribution in [2.75, 3.05) is 5.32 Å². The number of nitrogens with one attached hydrogen (secondary N) is 1. The van der Waals surface area contributed by atoms with E-state index in [2.05, 4.69) is 23.3 Å². The Morgan fingerprint density at radius 1 is 1.09 bits per heavy atom. The average molecular weight is 452 g/mol. The maximum absolute atomic E-state index is 13.4. The predicted molar refractivity (Wildman–Crippen MR) is 130 cm³/mol. The zero-order valence-electron chi connectivity index (χ0n) is 18.7. The summed E-state index contributed by atoms with van der Waals surface area (Å²) in [6.45, 7) is 2.77. The summed E-state index contributed by atoms with van der Waals surface area (Å²) < 4.78 is 13.4. The molecule has 3 aromatic rings. The molecule has 2 heterocycles. The van der Waals surface area contributed by atoms with Crippen molar-refractivity contribution in [3.63, 3.8) is 0 Å². The first-order valence-electron chi connectivity index (χ1n) is 11.7. The number of halogens is 2. The van der Waals surface area contributed by atoms with Crippen molar-refractivity contribution in [2.24, 2.45) is 11.8 Å². The fourth-order valence-electron chi connectivity index (χ4n) is 4.73. The third-order valence-electron chi connectivity index (χ3n) is 6.41. The largest absolute Gasteiger partial charge is 0.366 e. The monoisotopic (exact) mass is 451 g/mol. The molecule has 0 aliphatic heterocycles. The fourth-order valence-corrected chi connectivity index (χ4v) is 4.93. The molecule has 2 aromatic heterocycles. The molecule has 1 saturated carbocycles. The van der Waals surface area contributed by atoms with Crippen LogP contribution >= 0.6 is 11.6 Å². The summed E-state index contributed by atoms with van der Waals surface area (Å²) in [6.07, 6.45) is 10.7. The summed E-state index contributed by atoms with van der Waals surface area (Å²) >= 11 is 6.51. The van der Waals surface area contributed by atoms with Crippen molar-refractivity contribution in [1.29, 1.82) is 0 Å². The Balaban J connectivity index is 1.43. The highest BCUT2D eigenvalue weighted by Crippen LogP contribution is 2.36. The SMILES string of the molecule is CCCC[C@@H]1CC[C@H](Cc2cc(-c3cccc(NCc4cccc(F)c4)n3)c(Cl)cn2)C1. The van der Waals surface area contributed by atoms with Crippen LogP contribution in [0.5, 0.6) is 0 Å². The second-order valence-electron chi connectivity index (χ2n) is 8.94. The van der Waals surface area contributed by atoms with Gasteiger partial charge in [0.15, 0.2) is 0 Å². The highest BCUT2D eigenvalue weighted by Gasteiger charge is 2.25. The number of hydrogen-bond donors (Lipinski definition) is 1. The molecule has 0 bridgehead atoms. The molecule has 5 heteroatoms. The zero-order chi connectivity index (χ0) is 22.3. The van der Waals surface area contributed by atoms with Crippen molar-refractivity contribution in [3.05, 3.63) is 76.8 Å².